The number of hydrogen-bond donors (Lipinski definition) is 0. The molecule has 0 saturated heterocycles. The molecular weight excluding hydrogens is 574 g/mol. The standard InChI is InChI=1S/C43H25N3O/c1-2-9-27(10-3-1)35-24-21-29-18-19-30-22-25-36(45-40(30)39(29)44-35)28-14-16-31(17-15-28)41-43-38(33-12-6-7-13-37(33)47-43)34-23-20-26-8-4-5-11-32(26)42(34)46-41/h1-25H. The molecule has 4 aromatic heterocycles. The van der Waals surface area contributed by atoms with Gasteiger partial charge < -0.3 is 4.42 Å². The Kier molecular flexibility index (Phi) is 5.54. The van der Waals surface area contributed by atoms with E-state index in [0.29, 0.717) is 0 Å². The van der Waals surface area contributed by atoms with E-state index in [0.717, 1.165) is 93.8 Å². The molecule has 0 aliphatic carbocycles. The van der Waals surface area contributed by atoms with E-state index in [-0.39, 0.29) is 0 Å². The number of pyridine rings is 3. The van der Waals surface area contributed by atoms with Crippen molar-refractivity contribution in [3.05, 3.63) is 152 Å². The molecule has 4 nitrogen and oxygen atoms in total. The molecule has 0 atom stereocenters. The molecule has 10 aromatic rings. The largest absolute Gasteiger partial charge is 0.454 e. The van der Waals surface area contributed by atoms with Crippen LogP contribution in [-0.4, -0.2) is 15.0 Å². The maximum absolute atomic E-state index is 6.52. The van der Waals surface area contributed by atoms with Gasteiger partial charge in [-0.25, -0.2) is 15.0 Å². The lowest BCUT2D eigenvalue weighted by molar-refractivity contribution is 0.669. The van der Waals surface area contributed by atoms with Crippen molar-refractivity contribution in [1.29, 1.82) is 0 Å². The molecule has 0 N–H and O–H groups in total. The van der Waals surface area contributed by atoms with Crippen LogP contribution in [0, 0.1) is 0 Å². The zero-order chi connectivity index (χ0) is 30.9. The van der Waals surface area contributed by atoms with E-state index >= 15 is 0 Å². The van der Waals surface area contributed by atoms with Crippen LogP contribution >= 0.6 is 0 Å². The molecule has 10 rings (SSSR count). The van der Waals surface area contributed by atoms with Crippen LogP contribution in [0.15, 0.2) is 156 Å². The number of furan rings is 1. The zero-order valence-corrected chi connectivity index (χ0v) is 25.2. The van der Waals surface area contributed by atoms with Gasteiger partial charge in [-0.05, 0) is 23.6 Å². The van der Waals surface area contributed by atoms with Crippen molar-refractivity contribution in [2.45, 2.75) is 0 Å². The number of fused-ring (bicyclic) bond motifs is 10. The van der Waals surface area contributed by atoms with E-state index in [9.17, 15) is 0 Å². The van der Waals surface area contributed by atoms with Crippen molar-refractivity contribution in [1.82, 2.24) is 15.0 Å². The maximum atomic E-state index is 6.52. The molecular formula is C43H25N3O. The van der Waals surface area contributed by atoms with Gasteiger partial charge in [0.05, 0.1) is 27.9 Å². The lowest BCUT2D eigenvalue weighted by Gasteiger charge is -2.10. The predicted octanol–water partition coefficient (Wildman–Crippen LogP) is 11.4. The van der Waals surface area contributed by atoms with Crippen molar-refractivity contribution in [2.75, 3.05) is 0 Å². The van der Waals surface area contributed by atoms with E-state index in [1.54, 1.807) is 0 Å². The van der Waals surface area contributed by atoms with Crippen LogP contribution in [0.3, 0.4) is 0 Å². The Balaban J connectivity index is 1.13. The Morgan fingerprint density at radius 1 is 0.362 bits per heavy atom. The van der Waals surface area contributed by atoms with Crippen LogP contribution < -0.4 is 0 Å². The van der Waals surface area contributed by atoms with Gasteiger partial charge in [0, 0.05) is 49.0 Å². The van der Waals surface area contributed by atoms with Gasteiger partial charge in [-0.15, -0.1) is 0 Å². The molecule has 0 unspecified atom stereocenters. The number of nitrogens with zero attached hydrogens (tertiary/aromatic N) is 3. The van der Waals surface area contributed by atoms with Gasteiger partial charge >= 0.3 is 0 Å². The third-order valence-corrected chi connectivity index (χ3v) is 9.25. The van der Waals surface area contributed by atoms with Crippen molar-refractivity contribution >= 4 is 65.4 Å². The molecule has 0 spiro atoms. The van der Waals surface area contributed by atoms with Crippen LogP contribution in [-0.2, 0) is 0 Å². The molecule has 4 heteroatoms. The van der Waals surface area contributed by atoms with Crippen LogP contribution in [0.1, 0.15) is 0 Å². The van der Waals surface area contributed by atoms with Gasteiger partial charge in [0.1, 0.15) is 11.3 Å². The van der Waals surface area contributed by atoms with Crippen LogP contribution in [0.4, 0.5) is 0 Å². The minimum absolute atomic E-state index is 0.803. The summed E-state index contributed by atoms with van der Waals surface area (Å²) in [5.41, 5.74) is 10.2. The number of rotatable bonds is 3. The Labute approximate surface area is 269 Å². The fourth-order valence-corrected chi connectivity index (χ4v) is 6.91. The molecule has 6 aromatic carbocycles. The predicted molar refractivity (Wildman–Crippen MR) is 193 cm³/mol. The summed E-state index contributed by atoms with van der Waals surface area (Å²) < 4.78 is 6.52. The summed E-state index contributed by atoms with van der Waals surface area (Å²) in [5, 5.41) is 7.73. The average Bonchev–Trinajstić information content (AvgIpc) is 3.54. The first-order valence-electron chi connectivity index (χ1n) is 15.8. The number of aromatic nitrogens is 3. The molecule has 47 heavy (non-hydrogen) atoms. The Bertz CT molecular complexity index is 2840. The van der Waals surface area contributed by atoms with Gasteiger partial charge in [-0.1, -0.05) is 133 Å². The molecule has 0 aliphatic rings. The summed E-state index contributed by atoms with van der Waals surface area (Å²) in [6.45, 7) is 0. The minimum atomic E-state index is 0.803. The summed E-state index contributed by atoms with van der Waals surface area (Å²) in [4.78, 5) is 15.5. The molecule has 0 aliphatic heterocycles. The van der Waals surface area contributed by atoms with Crippen molar-refractivity contribution in [3.63, 3.8) is 0 Å². The van der Waals surface area contributed by atoms with Gasteiger partial charge in [0.15, 0.2) is 5.58 Å². The first-order valence-corrected chi connectivity index (χ1v) is 15.8. The zero-order valence-electron chi connectivity index (χ0n) is 25.2. The van der Waals surface area contributed by atoms with E-state index in [4.69, 9.17) is 19.4 Å². The summed E-state index contributed by atoms with van der Waals surface area (Å²) in [6.07, 6.45) is 0. The summed E-state index contributed by atoms with van der Waals surface area (Å²) >= 11 is 0. The van der Waals surface area contributed by atoms with Crippen LogP contribution in [0.2, 0.25) is 0 Å². The van der Waals surface area contributed by atoms with Gasteiger partial charge in [-0.3, -0.25) is 0 Å². The first kappa shape index (κ1) is 25.9. The fourth-order valence-electron chi connectivity index (χ4n) is 6.91. The third-order valence-electron chi connectivity index (χ3n) is 9.25. The summed E-state index contributed by atoms with van der Waals surface area (Å²) in [5.74, 6) is 0. The average molecular weight is 600 g/mol. The van der Waals surface area contributed by atoms with Gasteiger partial charge in [0.2, 0.25) is 0 Å². The highest BCUT2D eigenvalue weighted by Gasteiger charge is 2.19. The molecule has 0 saturated carbocycles. The van der Waals surface area contributed by atoms with E-state index in [2.05, 4.69) is 121 Å². The van der Waals surface area contributed by atoms with Gasteiger partial charge in [-0.2, -0.15) is 0 Å². The monoisotopic (exact) mass is 599 g/mol. The third kappa shape index (κ3) is 4.05. The highest BCUT2D eigenvalue weighted by molar-refractivity contribution is 6.24. The van der Waals surface area contributed by atoms with Crippen molar-refractivity contribution < 1.29 is 4.42 Å². The fraction of sp³-hybridized carbons (Fsp3) is 0. The number of benzene rings is 6. The Morgan fingerprint density at radius 2 is 0.936 bits per heavy atom. The SMILES string of the molecule is c1ccc(-c2ccc3ccc4ccc(-c5ccc(-c6nc7c8ccccc8ccc7c7c6oc6ccccc67)cc5)nc4c3n2)cc1. The molecule has 218 valence electrons. The van der Waals surface area contributed by atoms with Crippen molar-refractivity contribution in [3.8, 4) is 33.8 Å². The quantitative estimate of drug-likeness (QED) is 0.190. The lowest BCUT2D eigenvalue weighted by atomic mass is 9.99. The molecule has 4 heterocycles. The Morgan fingerprint density at radius 3 is 1.68 bits per heavy atom. The highest BCUT2D eigenvalue weighted by Crippen LogP contribution is 2.41. The van der Waals surface area contributed by atoms with E-state index in [1.165, 1.54) is 5.39 Å². The topological polar surface area (TPSA) is 51.8 Å². The first-order chi connectivity index (χ1) is 23.3. The molecule has 0 amide bonds. The molecule has 0 bridgehead atoms. The number of para-hydroxylation sites is 1. The second kappa shape index (κ2) is 10.1. The van der Waals surface area contributed by atoms with Gasteiger partial charge in [0.25, 0.3) is 0 Å². The second-order valence-electron chi connectivity index (χ2n) is 12.0. The maximum Gasteiger partial charge on any atom is 0.162 e. The molecule has 0 radical (unpaired) electrons. The summed E-state index contributed by atoms with van der Waals surface area (Å²) in [7, 11) is 0. The lowest BCUT2D eigenvalue weighted by Crippen LogP contribution is -1.92. The number of hydrogen-bond acceptors (Lipinski definition) is 4. The van der Waals surface area contributed by atoms with Crippen LogP contribution in [0.5, 0.6) is 0 Å². The normalized spacial score (nSPS) is 11.8. The van der Waals surface area contributed by atoms with E-state index < -0.39 is 0 Å². The second-order valence-corrected chi connectivity index (χ2v) is 12.0. The minimum Gasteiger partial charge on any atom is -0.454 e. The smallest absolute Gasteiger partial charge is 0.162 e. The van der Waals surface area contributed by atoms with Crippen LogP contribution in [0.25, 0.3) is 99.2 Å². The van der Waals surface area contributed by atoms with E-state index in [1.807, 2.05) is 30.3 Å². The Hall–Kier alpha value is -6.39. The summed E-state index contributed by atoms with van der Waals surface area (Å²) in [6, 6.07) is 52.5. The van der Waals surface area contributed by atoms with Crippen molar-refractivity contribution in [2.24, 2.45) is 0 Å². The highest BCUT2D eigenvalue weighted by atomic mass is 16.3. The molecule has 0 fully saturated rings.